The van der Waals surface area contributed by atoms with Gasteiger partial charge in [-0.3, -0.25) is 0 Å². The molecule has 6 aromatic rings. The Bertz CT molecular complexity index is 2090. The van der Waals surface area contributed by atoms with Crippen molar-refractivity contribution in [1.82, 2.24) is 19.9 Å². The first-order valence-corrected chi connectivity index (χ1v) is 15.0. The number of nitrogens with one attached hydrogen (secondary N) is 2. The highest BCUT2D eigenvalue weighted by molar-refractivity contribution is 9.10. The minimum atomic E-state index is 0.840. The van der Waals surface area contributed by atoms with Gasteiger partial charge in [-0.05, 0) is 81.2 Å². The summed E-state index contributed by atoms with van der Waals surface area (Å²) in [6, 6.07) is 40.0. The molecule has 0 fully saturated rings. The number of H-pyrrole nitrogens is 2. The van der Waals surface area contributed by atoms with Crippen molar-refractivity contribution in [3.8, 4) is 33.4 Å². The van der Waals surface area contributed by atoms with Crippen LogP contribution in [-0.4, -0.2) is 19.9 Å². The van der Waals surface area contributed by atoms with E-state index in [-0.39, 0.29) is 0 Å². The largest absolute Gasteiger partial charge is 0.354 e. The number of hydrogen-bond donors (Lipinski definition) is 2. The number of hydrogen-bond acceptors (Lipinski definition) is 2. The summed E-state index contributed by atoms with van der Waals surface area (Å²) in [6.45, 7) is 0. The molecule has 2 N–H and O–H groups in total. The van der Waals surface area contributed by atoms with E-state index in [2.05, 4.69) is 153 Å². The van der Waals surface area contributed by atoms with Crippen molar-refractivity contribution >= 4 is 62.3 Å². The lowest BCUT2D eigenvalue weighted by atomic mass is 10.0. The molecule has 5 heteroatoms. The van der Waals surface area contributed by atoms with Gasteiger partial charge in [0.1, 0.15) is 0 Å². The molecule has 0 amide bonds. The third-order valence-corrected chi connectivity index (χ3v) is 8.69. The van der Waals surface area contributed by atoms with Crippen LogP contribution in [0.5, 0.6) is 0 Å². The second-order valence-electron chi connectivity index (χ2n) is 10.5. The molecule has 0 saturated heterocycles. The first kappa shape index (κ1) is 25.5. The molecule has 2 aliphatic heterocycles. The number of nitrogens with zero attached hydrogens (tertiary/aromatic N) is 2. The topological polar surface area (TPSA) is 57.4 Å². The third-order valence-electron chi connectivity index (χ3n) is 7.88. The predicted octanol–water partition coefficient (Wildman–Crippen LogP) is 10.4. The van der Waals surface area contributed by atoms with E-state index in [1.165, 1.54) is 0 Å². The van der Waals surface area contributed by atoms with E-state index in [1.807, 2.05) is 12.1 Å². The molecule has 204 valence electrons. The van der Waals surface area contributed by atoms with Gasteiger partial charge in [0, 0.05) is 38.8 Å². The summed E-state index contributed by atoms with van der Waals surface area (Å²) in [6.07, 6.45) is 8.28. The second-order valence-corrected chi connectivity index (χ2v) is 11.3. The van der Waals surface area contributed by atoms with Crippen molar-refractivity contribution in [3.05, 3.63) is 143 Å². The van der Waals surface area contributed by atoms with E-state index in [4.69, 9.17) is 9.97 Å². The van der Waals surface area contributed by atoms with Gasteiger partial charge in [-0.2, -0.15) is 0 Å². The van der Waals surface area contributed by atoms with E-state index in [0.717, 1.165) is 82.7 Å². The van der Waals surface area contributed by atoms with Crippen molar-refractivity contribution in [1.29, 1.82) is 0 Å². The zero-order valence-corrected chi connectivity index (χ0v) is 24.6. The van der Waals surface area contributed by atoms with Crippen LogP contribution in [0.15, 0.2) is 120 Å². The van der Waals surface area contributed by atoms with Crippen LogP contribution < -0.4 is 0 Å². The van der Waals surface area contributed by atoms with Gasteiger partial charge in [-0.1, -0.05) is 91.0 Å². The summed E-state index contributed by atoms with van der Waals surface area (Å²) in [5.41, 5.74) is 14.0. The van der Waals surface area contributed by atoms with Crippen LogP contribution in [0.25, 0.3) is 79.8 Å². The van der Waals surface area contributed by atoms with Gasteiger partial charge in [0.05, 0.1) is 27.2 Å². The first-order chi connectivity index (χ1) is 21.2. The second kappa shape index (κ2) is 10.5. The Morgan fingerprint density at radius 1 is 0.372 bits per heavy atom. The van der Waals surface area contributed by atoms with Crippen LogP contribution in [0.2, 0.25) is 0 Å². The zero-order chi connectivity index (χ0) is 28.8. The van der Waals surface area contributed by atoms with E-state index in [0.29, 0.717) is 0 Å². The molecule has 4 nitrogen and oxygen atoms in total. The Morgan fingerprint density at radius 2 is 0.698 bits per heavy atom. The van der Waals surface area contributed by atoms with Gasteiger partial charge in [0.2, 0.25) is 0 Å². The number of fused-ring (bicyclic) bond motifs is 8. The monoisotopic (exact) mass is 616 g/mol. The maximum atomic E-state index is 5.11. The number of aromatic nitrogens is 4. The lowest BCUT2D eigenvalue weighted by Gasteiger charge is -2.05. The molecule has 8 rings (SSSR count). The number of aromatic amines is 2. The number of rotatable bonds is 3. The Balaban J connectivity index is 1.56. The van der Waals surface area contributed by atoms with Crippen molar-refractivity contribution < 1.29 is 0 Å². The fourth-order valence-corrected chi connectivity index (χ4v) is 6.35. The molecule has 0 atom stereocenters. The predicted molar refractivity (Wildman–Crippen MR) is 183 cm³/mol. The molecule has 0 unspecified atom stereocenters. The lowest BCUT2D eigenvalue weighted by molar-refractivity contribution is 1.25. The van der Waals surface area contributed by atoms with E-state index >= 15 is 0 Å². The molecule has 3 aromatic heterocycles. The molecule has 5 heterocycles. The molecule has 0 radical (unpaired) electrons. The maximum absolute atomic E-state index is 5.11. The molecule has 0 aliphatic carbocycles. The summed E-state index contributed by atoms with van der Waals surface area (Å²) in [5, 5.41) is 0. The summed E-state index contributed by atoms with van der Waals surface area (Å²) in [5.74, 6) is 0. The van der Waals surface area contributed by atoms with Crippen molar-refractivity contribution in [2.45, 2.75) is 0 Å². The fraction of sp³-hybridized carbons (Fsp3) is 0. The Kier molecular flexibility index (Phi) is 6.24. The summed E-state index contributed by atoms with van der Waals surface area (Å²) < 4.78 is 0.857. The van der Waals surface area contributed by atoms with Gasteiger partial charge in [0.15, 0.2) is 0 Å². The molecule has 0 saturated carbocycles. The van der Waals surface area contributed by atoms with E-state index in [9.17, 15) is 0 Å². The average molecular weight is 618 g/mol. The smallest absolute Gasteiger partial charge is 0.0801 e. The van der Waals surface area contributed by atoms with Gasteiger partial charge in [-0.25, -0.2) is 9.97 Å². The number of benzene rings is 3. The van der Waals surface area contributed by atoms with E-state index in [1.54, 1.807) is 0 Å². The average Bonchev–Trinajstić information content (AvgIpc) is 3.88. The minimum Gasteiger partial charge on any atom is -0.354 e. The Morgan fingerprint density at radius 3 is 1.09 bits per heavy atom. The normalized spacial score (nSPS) is 12.1. The molecular formula is C38H25BrN4. The molecule has 8 bridgehead atoms. The third kappa shape index (κ3) is 4.55. The molecule has 43 heavy (non-hydrogen) atoms. The molecule has 3 aromatic carbocycles. The molecule has 0 spiro atoms. The van der Waals surface area contributed by atoms with Crippen LogP contribution in [0.3, 0.4) is 0 Å². The Hall–Kier alpha value is -5.26. The highest BCUT2D eigenvalue weighted by atomic mass is 79.9. The van der Waals surface area contributed by atoms with Crippen molar-refractivity contribution in [3.63, 3.8) is 0 Å². The summed E-state index contributed by atoms with van der Waals surface area (Å²) in [7, 11) is 0. The fourth-order valence-electron chi connectivity index (χ4n) is 5.91. The van der Waals surface area contributed by atoms with Crippen LogP contribution >= 0.6 is 15.9 Å². The highest BCUT2D eigenvalue weighted by Crippen LogP contribution is 2.36. The standard InChI is InChI=1S/C38H25BrN4/c39-38-33-22-20-31(42-33)36(25-12-6-2-7-13-25)29-18-16-27(40-29)35(24-10-4-1-5-11-24)28-17-19-30(41-28)37(26-14-8-3-9-15-26)32-21-23-34(38)43-32/h1-23,40-41H. The van der Waals surface area contributed by atoms with Gasteiger partial charge in [0.25, 0.3) is 0 Å². The van der Waals surface area contributed by atoms with Gasteiger partial charge < -0.3 is 9.97 Å². The molecule has 2 aliphatic rings. The highest BCUT2D eigenvalue weighted by Gasteiger charge is 2.17. The van der Waals surface area contributed by atoms with E-state index < -0.39 is 0 Å². The maximum Gasteiger partial charge on any atom is 0.0801 e. The van der Waals surface area contributed by atoms with Crippen molar-refractivity contribution in [2.24, 2.45) is 0 Å². The van der Waals surface area contributed by atoms with Crippen LogP contribution in [0, 0.1) is 0 Å². The summed E-state index contributed by atoms with van der Waals surface area (Å²) >= 11 is 3.84. The van der Waals surface area contributed by atoms with Gasteiger partial charge in [-0.15, -0.1) is 0 Å². The summed E-state index contributed by atoms with van der Waals surface area (Å²) in [4.78, 5) is 17.8. The Labute approximate surface area is 257 Å². The van der Waals surface area contributed by atoms with Crippen LogP contribution in [0.1, 0.15) is 22.8 Å². The minimum absolute atomic E-state index is 0.840. The SMILES string of the molecule is Brc1c2nc(c(-c3ccccc3)c3ccc([nH]3)c(-c3ccccc3)c3ccc([nH]3)c(-c3ccccc3)c3nc1C=C3)C=C2. The quantitative estimate of drug-likeness (QED) is 0.207. The lowest BCUT2D eigenvalue weighted by Crippen LogP contribution is -1.88. The first-order valence-electron chi connectivity index (χ1n) is 14.2. The number of halogens is 1. The van der Waals surface area contributed by atoms with Crippen LogP contribution in [-0.2, 0) is 0 Å². The van der Waals surface area contributed by atoms with Crippen molar-refractivity contribution in [2.75, 3.05) is 0 Å². The van der Waals surface area contributed by atoms with Crippen LogP contribution in [0.4, 0.5) is 0 Å². The zero-order valence-electron chi connectivity index (χ0n) is 23.1. The molecular weight excluding hydrogens is 592 g/mol. The van der Waals surface area contributed by atoms with Gasteiger partial charge >= 0.3 is 0 Å².